The molecule has 2 heterocycles. The average molecular weight is 318 g/mol. The van der Waals surface area contributed by atoms with Gasteiger partial charge in [0.25, 0.3) is 5.91 Å². The van der Waals surface area contributed by atoms with Gasteiger partial charge in [-0.3, -0.25) is 4.79 Å². The summed E-state index contributed by atoms with van der Waals surface area (Å²) in [6.07, 6.45) is 1.60. The highest BCUT2D eigenvalue weighted by Gasteiger charge is 2.25. The molecule has 0 spiro atoms. The van der Waals surface area contributed by atoms with E-state index in [4.69, 9.17) is 0 Å². The molecular weight excluding hydrogens is 296 g/mol. The highest BCUT2D eigenvalue weighted by Crippen LogP contribution is 2.21. The van der Waals surface area contributed by atoms with E-state index in [0.717, 1.165) is 0 Å². The molecule has 0 saturated heterocycles. The zero-order valence-electron chi connectivity index (χ0n) is 14.0. The van der Waals surface area contributed by atoms with Gasteiger partial charge in [0.1, 0.15) is 6.04 Å². The van der Waals surface area contributed by atoms with Crippen molar-refractivity contribution in [2.24, 2.45) is 5.92 Å². The summed E-state index contributed by atoms with van der Waals surface area (Å²) in [4.78, 5) is 28.3. The van der Waals surface area contributed by atoms with E-state index < -0.39 is 17.9 Å². The molecule has 0 unspecified atom stereocenters. The molecule has 1 atom stereocenters. The number of carbonyl (C=O) groups is 2. The lowest BCUT2D eigenvalue weighted by Crippen LogP contribution is -2.44. The van der Waals surface area contributed by atoms with E-state index in [0.29, 0.717) is 22.3 Å². The van der Waals surface area contributed by atoms with E-state index in [1.54, 1.807) is 37.7 Å². The molecule has 0 aliphatic rings. The topological polar surface area (TPSA) is 97.1 Å². The van der Waals surface area contributed by atoms with Gasteiger partial charge < -0.3 is 10.4 Å². The number of pyridine rings is 1. The standard InChI is InChI=1S/C16H22N4O3/c1-8(2)13(16(22)23)19-15(21)11-6-10(5)18-14-12(11)7-17-20(14)9(3)4/h6-9,13H,1-5H3,(H,19,21)(H,22,23)/t13-/m1/s1. The molecule has 7 heteroatoms. The summed E-state index contributed by atoms with van der Waals surface area (Å²) in [5.74, 6) is -1.69. The third-order valence-electron chi connectivity index (χ3n) is 3.65. The number of carboxylic acids is 1. The number of carboxylic acid groups (broad SMARTS) is 1. The molecule has 0 bridgehead atoms. The Kier molecular flexibility index (Phi) is 4.68. The average Bonchev–Trinajstić information content (AvgIpc) is 2.86. The van der Waals surface area contributed by atoms with Crippen LogP contribution in [-0.2, 0) is 4.79 Å². The molecule has 2 N–H and O–H groups in total. The SMILES string of the molecule is Cc1cc(C(=O)N[C@@H](C(=O)O)C(C)C)c2cnn(C(C)C)c2n1. The van der Waals surface area contributed by atoms with Crippen LogP contribution in [0.15, 0.2) is 12.3 Å². The van der Waals surface area contributed by atoms with E-state index in [-0.39, 0.29) is 12.0 Å². The monoisotopic (exact) mass is 318 g/mol. The summed E-state index contributed by atoms with van der Waals surface area (Å²) in [7, 11) is 0. The van der Waals surface area contributed by atoms with E-state index in [2.05, 4.69) is 15.4 Å². The first-order chi connectivity index (χ1) is 10.7. The number of carbonyl (C=O) groups excluding carboxylic acids is 1. The van der Waals surface area contributed by atoms with E-state index in [1.165, 1.54) is 0 Å². The van der Waals surface area contributed by atoms with Crippen LogP contribution in [0.1, 0.15) is 49.8 Å². The first-order valence-electron chi connectivity index (χ1n) is 7.61. The number of rotatable bonds is 5. The lowest BCUT2D eigenvalue weighted by atomic mass is 10.0. The zero-order chi connectivity index (χ0) is 17.3. The van der Waals surface area contributed by atoms with Crippen LogP contribution in [0.2, 0.25) is 0 Å². The number of aromatic nitrogens is 3. The maximum atomic E-state index is 12.6. The summed E-state index contributed by atoms with van der Waals surface area (Å²) in [5.41, 5.74) is 1.70. The molecular formula is C16H22N4O3. The third kappa shape index (κ3) is 3.33. The molecule has 1 amide bonds. The predicted octanol–water partition coefficient (Wildman–Crippen LogP) is 2.16. The van der Waals surface area contributed by atoms with Gasteiger partial charge in [0.2, 0.25) is 0 Å². The molecule has 0 fully saturated rings. The fourth-order valence-electron chi connectivity index (χ4n) is 2.44. The lowest BCUT2D eigenvalue weighted by molar-refractivity contribution is -0.140. The van der Waals surface area contributed by atoms with Crippen molar-refractivity contribution >= 4 is 22.9 Å². The summed E-state index contributed by atoms with van der Waals surface area (Å²) in [5, 5.41) is 16.7. The highest BCUT2D eigenvalue weighted by molar-refractivity contribution is 6.06. The Hall–Kier alpha value is -2.44. The molecule has 0 radical (unpaired) electrons. The van der Waals surface area contributed by atoms with E-state index >= 15 is 0 Å². The number of nitrogens with one attached hydrogen (secondary N) is 1. The summed E-state index contributed by atoms with van der Waals surface area (Å²) in [6.45, 7) is 9.27. The Morgan fingerprint density at radius 3 is 2.43 bits per heavy atom. The summed E-state index contributed by atoms with van der Waals surface area (Å²) < 4.78 is 1.75. The fourth-order valence-corrected chi connectivity index (χ4v) is 2.44. The molecule has 2 aromatic heterocycles. The molecule has 7 nitrogen and oxygen atoms in total. The first-order valence-corrected chi connectivity index (χ1v) is 7.61. The Morgan fingerprint density at radius 1 is 1.26 bits per heavy atom. The van der Waals surface area contributed by atoms with E-state index in [1.807, 2.05) is 13.8 Å². The molecule has 23 heavy (non-hydrogen) atoms. The number of aliphatic carboxylic acids is 1. The highest BCUT2D eigenvalue weighted by atomic mass is 16.4. The van der Waals surface area contributed by atoms with Crippen LogP contribution in [0.3, 0.4) is 0 Å². The van der Waals surface area contributed by atoms with Crippen molar-refractivity contribution in [3.63, 3.8) is 0 Å². The quantitative estimate of drug-likeness (QED) is 0.880. The normalized spacial score (nSPS) is 12.8. The van der Waals surface area contributed by atoms with Gasteiger partial charge in [-0.25, -0.2) is 14.5 Å². The summed E-state index contributed by atoms with van der Waals surface area (Å²) >= 11 is 0. The van der Waals surface area contributed by atoms with Crippen molar-refractivity contribution in [3.8, 4) is 0 Å². The van der Waals surface area contributed by atoms with Crippen molar-refractivity contribution in [3.05, 3.63) is 23.5 Å². The lowest BCUT2D eigenvalue weighted by Gasteiger charge is -2.18. The Balaban J connectivity index is 2.47. The molecule has 2 rings (SSSR count). The molecule has 2 aromatic rings. The smallest absolute Gasteiger partial charge is 0.326 e. The maximum absolute atomic E-state index is 12.6. The van der Waals surface area contributed by atoms with Crippen LogP contribution in [0.5, 0.6) is 0 Å². The fraction of sp³-hybridized carbons (Fsp3) is 0.500. The minimum atomic E-state index is -1.05. The van der Waals surface area contributed by atoms with Gasteiger partial charge in [0.05, 0.1) is 17.1 Å². The molecule has 0 saturated carbocycles. The molecule has 124 valence electrons. The Bertz CT molecular complexity index is 749. The van der Waals surface area contributed by atoms with Gasteiger partial charge >= 0.3 is 5.97 Å². The number of fused-ring (bicyclic) bond motifs is 1. The second-order valence-corrected chi connectivity index (χ2v) is 6.26. The second kappa shape index (κ2) is 6.36. The number of nitrogens with zero attached hydrogens (tertiary/aromatic N) is 3. The maximum Gasteiger partial charge on any atom is 0.326 e. The van der Waals surface area contributed by atoms with Crippen LogP contribution in [0, 0.1) is 12.8 Å². The van der Waals surface area contributed by atoms with Gasteiger partial charge in [-0.1, -0.05) is 13.8 Å². The minimum Gasteiger partial charge on any atom is -0.480 e. The molecule has 0 aliphatic heterocycles. The second-order valence-electron chi connectivity index (χ2n) is 6.26. The largest absolute Gasteiger partial charge is 0.480 e. The third-order valence-corrected chi connectivity index (χ3v) is 3.65. The van der Waals surface area contributed by atoms with Crippen LogP contribution < -0.4 is 5.32 Å². The number of aryl methyl sites for hydroxylation is 1. The number of hydrogen-bond acceptors (Lipinski definition) is 4. The van der Waals surface area contributed by atoms with Gasteiger partial charge in [-0.05, 0) is 32.8 Å². The van der Waals surface area contributed by atoms with Crippen molar-refractivity contribution < 1.29 is 14.7 Å². The van der Waals surface area contributed by atoms with Crippen molar-refractivity contribution in [1.29, 1.82) is 0 Å². The number of amides is 1. The minimum absolute atomic E-state index is 0.111. The van der Waals surface area contributed by atoms with Crippen LogP contribution in [0.4, 0.5) is 0 Å². The van der Waals surface area contributed by atoms with Crippen molar-refractivity contribution in [1.82, 2.24) is 20.1 Å². The van der Waals surface area contributed by atoms with Crippen molar-refractivity contribution in [2.75, 3.05) is 0 Å². The van der Waals surface area contributed by atoms with Crippen LogP contribution in [0.25, 0.3) is 11.0 Å². The van der Waals surface area contributed by atoms with Gasteiger partial charge in [-0.15, -0.1) is 0 Å². The van der Waals surface area contributed by atoms with Gasteiger partial charge in [0, 0.05) is 11.7 Å². The van der Waals surface area contributed by atoms with Crippen LogP contribution >= 0.6 is 0 Å². The van der Waals surface area contributed by atoms with Gasteiger partial charge in [0.15, 0.2) is 5.65 Å². The van der Waals surface area contributed by atoms with Crippen LogP contribution in [-0.4, -0.2) is 37.8 Å². The van der Waals surface area contributed by atoms with Crippen molar-refractivity contribution in [2.45, 2.75) is 46.7 Å². The number of hydrogen-bond donors (Lipinski definition) is 2. The Labute approximate surface area is 134 Å². The van der Waals surface area contributed by atoms with Gasteiger partial charge in [-0.2, -0.15) is 5.10 Å². The Morgan fingerprint density at radius 2 is 1.91 bits per heavy atom. The predicted molar refractivity (Wildman–Crippen MR) is 86.4 cm³/mol. The summed E-state index contributed by atoms with van der Waals surface area (Å²) in [6, 6.07) is 0.829. The van der Waals surface area contributed by atoms with E-state index in [9.17, 15) is 14.7 Å². The first kappa shape index (κ1) is 16.9. The molecule has 0 aliphatic carbocycles. The molecule has 0 aromatic carbocycles. The zero-order valence-corrected chi connectivity index (χ0v) is 14.0.